The van der Waals surface area contributed by atoms with Gasteiger partial charge in [-0.15, -0.1) is 11.3 Å². The van der Waals surface area contributed by atoms with Crippen molar-refractivity contribution < 1.29 is 4.42 Å². The van der Waals surface area contributed by atoms with Crippen LogP contribution in [-0.4, -0.2) is 19.4 Å². The van der Waals surface area contributed by atoms with E-state index in [1.807, 2.05) is 29.5 Å². The lowest BCUT2D eigenvalue weighted by atomic mass is 10.0. The summed E-state index contributed by atoms with van der Waals surface area (Å²) in [5, 5.41) is 11.8. The van der Waals surface area contributed by atoms with Crippen molar-refractivity contribution in [2.75, 3.05) is 0 Å². The summed E-state index contributed by atoms with van der Waals surface area (Å²) < 4.78 is 11.5. The quantitative estimate of drug-likeness (QED) is 0.182. The third-order valence-electron chi connectivity index (χ3n) is 11.4. The van der Waals surface area contributed by atoms with Gasteiger partial charge in [-0.25, -0.2) is 15.0 Å². The van der Waals surface area contributed by atoms with E-state index in [-0.39, 0.29) is 0 Å². The molecule has 0 saturated heterocycles. The fourth-order valence-electron chi connectivity index (χ4n) is 9.02. The normalized spacial score (nSPS) is 12.4. The van der Waals surface area contributed by atoms with Gasteiger partial charge in [0, 0.05) is 58.2 Å². The van der Waals surface area contributed by atoms with E-state index >= 15 is 0 Å². The van der Waals surface area contributed by atoms with Crippen LogP contribution in [0.5, 0.6) is 0 Å². The summed E-state index contributed by atoms with van der Waals surface area (Å²) in [6.45, 7) is 0. The van der Waals surface area contributed by atoms with Gasteiger partial charge in [-0.3, -0.25) is 0 Å². The van der Waals surface area contributed by atoms with Crippen LogP contribution in [0.25, 0.3) is 125 Å². The van der Waals surface area contributed by atoms with E-state index in [4.69, 9.17) is 19.4 Å². The van der Waals surface area contributed by atoms with Crippen molar-refractivity contribution in [2.24, 2.45) is 0 Å². The van der Waals surface area contributed by atoms with Crippen LogP contribution in [-0.2, 0) is 0 Å². The van der Waals surface area contributed by atoms with Crippen LogP contribution in [0.15, 0.2) is 162 Å². The van der Waals surface area contributed by atoms with Crippen LogP contribution in [0.3, 0.4) is 0 Å². The Morgan fingerprint density at radius 3 is 1.93 bits per heavy atom. The SMILES string of the molecule is c1ccc2c(-c3nc(-c4cc5sc6ccc7c8ccccc8n8c9ccccc9c(c4)c5c6c78)nc(-c4cccc5c4oc4ccccc45)n3)cccc2c1. The largest absolute Gasteiger partial charge is 0.455 e. The molecule has 5 aromatic heterocycles. The zero-order chi connectivity index (χ0) is 35.8. The van der Waals surface area contributed by atoms with Gasteiger partial charge in [0.15, 0.2) is 17.5 Å². The second-order valence-corrected chi connectivity index (χ2v) is 15.4. The molecule has 5 nitrogen and oxygen atoms in total. The fourth-order valence-corrected chi connectivity index (χ4v) is 10.2. The van der Waals surface area contributed by atoms with E-state index in [0.717, 1.165) is 49.4 Å². The number of benzene rings is 8. The highest BCUT2D eigenvalue weighted by Crippen LogP contribution is 2.48. The molecule has 5 heterocycles. The van der Waals surface area contributed by atoms with Crippen molar-refractivity contribution in [1.82, 2.24) is 19.4 Å². The molecule has 0 bridgehead atoms. The Morgan fingerprint density at radius 2 is 1.07 bits per heavy atom. The standard InChI is InChI=1S/C49H26N4OS/c1-2-13-29-27(11-1)12-9-18-35(29)48-50-47(51-49(52-48)36-19-10-17-34-32-16-5-8-22-40(32)54-46(34)36)28-25-37-31-15-4-7-21-39(31)53-38-20-6-3-14-30(38)33-23-24-41-44(45(33)53)43(37)42(26-28)55-41/h1-26H. The van der Waals surface area contributed by atoms with Crippen LogP contribution < -0.4 is 0 Å². The van der Waals surface area contributed by atoms with Gasteiger partial charge in [0.25, 0.3) is 0 Å². The second kappa shape index (κ2) is 10.7. The Kier molecular flexibility index (Phi) is 5.71. The first kappa shape index (κ1) is 29.3. The number of aromatic nitrogens is 4. The number of rotatable bonds is 3. The number of hydrogen-bond donors (Lipinski definition) is 0. The Hall–Kier alpha value is -7.15. The van der Waals surface area contributed by atoms with Gasteiger partial charge in [-0.05, 0) is 58.6 Å². The fraction of sp³-hybridized carbons (Fsp3) is 0. The molecule has 0 aliphatic rings. The average Bonchev–Trinajstić information content (AvgIpc) is 3.90. The summed E-state index contributed by atoms with van der Waals surface area (Å²) >= 11 is 1.83. The Balaban J connectivity index is 1.15. The number of furan rings is 1. The van der Waals surface area contributed by atoms with E-state index in [1.165, 1.54) is 58.3 Å². The summed E-state index contributed by atoms with van der Waals surface area (Å²) in [7, 11) is 0. The van der Waals surface area contributed by atoms with Crippen LogP contribution in [0.1, 0.15) is 0 Å². The van der Waals surface area contributed by atoms with Gasteiger partial charge in [0.1, 0.15) is 11.2 Å². The summed E-state index contributed by atoms with van der Waals surface area (Å²) in [4.78, 5) is 15.9. The molecule has 254 valence electrons. The summed E-state index contributed by atoms with van der Waals surface area (Å²) in [5.41, 5.74) is 7.99. The predicted molar refractivity (Wildman–Crippen MR) is 228 cm³/mol. The Labute approximate surface area is 316 Å². The smallest absolute Gasteiger partial charge is 0.167 e. The molecule has 0 unspecified atom stereocenters. The maximum Gasteiger partial charge on any atom is 0.167 e. The lowest BCUT2D eigenvalue weighted by molar-refractivity contribution is 0.669. The molecule has 0 amide bonds. The second-order valence-electron chi connectivity index (χ2n) is 14.3. The Morgan fingerprint density at radius 1 is 0.436 bits per heavy atom. The minimum absolute atomic E-state index is 0.574. The van der Waals surface area contributed by atoms with Crippen molar-refractivity contribution in [3.05, 3.63) is 158 Å². The molecule has 0 N–H and O–H groups in total. The molecular weight excluding hydrogens is 693 g/mol. The van der Waals surface area contributed by atoms with E-state index in [0.29, 0.717) is 17.5 Å². The summed E-state index contributed by atoms with van der Waals surface area (Å²) in [6, 6.07) is 55.9. The van der Waals surface area contributed by atoms with Gasteiger partial charge in [0.05, 0.1) is 22.1 Å². The average molecular weight is 719 g/mol. The first-order chi connectivity index (χ1) is 27.3. The highest BCUT2D eigenvalue weighted by atomic mass is 32.1. The van der Waals surface area contributed by atoms with Crippen molar-refractivity contribution in [3.63, 3.8) is 0 Å². The minimum atomic E-state index is 0.574. The Bertz CT molecular complexity index is 3720. The van der Waals surface area contributed by atoms with E-state index in [9.17, 15) is 0 Å². The third-order valence-corrected chi connectivity index (χ3v) is 12.5. The molecule has 0 radical (unpaired) electrons. The molecule has 55 heavy (non-hydrogen) atoms. The highest BCUT2D eigenvalue weighted by molar-refractivity contribution is 7.26. The van der Waals surface area contributed by atoms with Crippen LogP contribution >= 0.6 is 11.3 Å². The van der Waals surface area contributed by atoms with Gasteiger partial charge < -0.3 is 8.82 Å². The lowest BCUT2D eigenvalue weighted by Gasteiger charge is -2.11. The zero-order valence-corrected chi connectivity index (χ0v) is 29.9. The van der Waals surface area contributed by atoms with E-state index < -0.39 is 0 Å². The molecule has 0 spiro atoms. The number of para-hydroxylation sites is 4. The van der Waals surface area contributed by atoms with Gasteiger partial charge in [-0.2, -0.15) is 0 Å². The molecule has 0 aliphatic heterocycles. The van der Waals surface area contributed by atoms with Crippen LogP contribution in [0.4, 0.5) is 0 Å². The summed E-state index contributed by atoms with van der Waals surface area (Å²) in [5.74, 6) is 1.81. The highest BCUT2D eigenvalue weighted by Gasteiger charge is 2.23. The number of thiophene rings is 1. The maximum absolute atomic E-state index is 6.53. The molecule has 0 saturated carbocycles. The van der Waals surface area contributed by atoms with Crippen molar-refractivity contribution in [1.29, 1.82) is 0 Å². The topological polar surface area (TPSA) is 56.2 Å². The molecule has 0 fully saturated rings. The molecule has 13 aromatic rings. The van der Waals surface area contributed by atoms with E-state index in [2.05, 4.69) is 144 Å². The van der Waals surface area contributed by atoms with Crippen molar-refractivity contribution in [3.8, 4) is 34.2 Å². The van der Waals surface area contributed by atoms with Crippen molar-refractivity contribution in [2.45, 2.75) is 0 Å². The predicted octanol–water partition coefficient (Wildman–Crippen LogP) is 13.4. The maximum atomic E-state index is 6.53. The first-order valence-corrected chi connectivity index (χ1v) is 19.3. The molecule has 0 atom stereocenters. The van der Waals surface area contributed by atoms with Gasteiger partial charge >= 0.3 is 0 Å². The minimum Gasteiger partial charge on any atom is -0.455 e. The molecule has 6 heteroatoms. The van der Waals surface area contributed by atoms with Crippen LogP contribution in [0, 0.1) is 0 Å². The van der Waals surface area contributed by atoms with Gasteiger partial charge in [0.2, 0.25) is 0 Å². The molecule has 0 aliphatic carbocycles. The number of fused-ring (bicyclic) bond motifs is 10. The molecular formula is C49H26N4OS. The first-order valence-electron chi connectivity index (χ1n) is 18.4. The lowest BCUT2D eigenvalue weighted by Crippen LogP contribution is -2.01. The third kappa shape index (κ3) is 3.98. The van der Waals surface area contributed by atoms with E-state index in [1.54, 1.807) is 0 Å². The van der Waals surface area contributed by atoms with Crippen LogP contribution in [0.2, 0.25) is 0 Å². The zero-order valence-electron chi connectivity index (χ0n) is 29.1. The summed E-state index contributed by atoms with van der Waals surface area (Å²) in [6.07, 6.45) is 0. The monoisotopic (exact) mass is 718 g/mol. The molecule has 13 rings (SSSR count). The molecule has 8 aromatic carbocycles. The number of hydrogen-bond acceptors (Lipinski definition) is 5. The van der Waals surface area contributed by atoms with Crippen molar-refractivity contribution >= 4 is 102 Å². The number of nitrogens with zero attached hydrogens (tertiary/aromatic N) is 4. The van der Waals surface area contributed by atoms with Gasteiger partial charge in [-0.1, -0.05) is 115 Å².